The van der Waals surface area contributed by atoms with Crippen molar-refractivity contribution in [2.24, 2.45) is 29.1 Å². The quantitative estimate of drug-likeness (QED) is 0.684. The van der Waals surface area contributed by atoms with Gasteiger partial charge in [-0.25, -0.2) is 0 Å². The number of fused-ring (bicyclic) bond motifs is 1. The number of rotatable bonds is 5. The third-order valence-corrected chi connectivity index (χ3v) is 6.56. The molecular formula is C20H34O3. The Kier molecular flexibility index (Phi) is 5.91. The van der Waals surface area contributed by atoms with Gasteiger partial charge in [-0.05, 0) is 49.4 Å². The normalized spacial score (nSPS) is 38.7. The SMILES string of the molecule is CCCC(C)C1C[C@@]2(C)CC[C@@H](OC(C)=O)C[C@H]2[C@@H](CC)C1=O. The highest BCUT2D eigenvalue weighted by Gasteiger charge is 2.53. The van der Waals surface area contributed by atoms with Crippen LogP contribution in [0.5, 0.6) is 0 Å². The lowest BCUT2D eigenvalue weighted by Gasteiger charge is -2.53. The highest BCUT2D eigenvalue weighted by atomic mass is 16.5. The number of Topliss-reactive ketones (excluding diaryl/α,β-unsaturated/α-hetero) is 1. The van der Waals surface area contributed by atoms with E-state index in [-0.39, 0.29) is 29.3 Å². The Morgan fingerprint density at radius 2 is 2.09 bits per heavy atom. The van der Waals surface area contributed by atoms with Crippen molar-refractivity contribution in [1.29, 1.82) is 0 Å². The van der Waals surface area contributed by atoms with Gasteiger partial charge < -0.3 is 4.74 Å². The molecule has 2 unspecified atom stereocenters. The van der Waals surface area contributed by atoms with Gasteiger partial charge in [0.2, 0.25) is 0 Å². The van der Waals surface area contributed by atoms with Gasteiger partial charge in [0.05, 0.1) is 0 Å². The van der Waals surface area contributed by atoms with E-state index in [2.05, 4.69) is 27.7 Å². The number of hydrogen-bond donors (Lipinski definition) is 0. The Bertz CT molecular complexity index is 444. The zero-order chi connectivity index (χ0) is 17.2. The molecule has 0 aliphatic heterocycles. The summed E-state index contributed by atoms with van der Waals surface area (Å²) in [5.74, 6) is 1.54. The minimum absolute atomic E-state index is 0.0111. The number of ketones is 1. The number of hydrogen-bond acceptors (Lipinski definition) is 3. The minimum Gasteiger partial charge on any atom is -0.463 e. The molecule has 0 spiro atoms. The van der Waals surface area contributed by atoms with E-state index in [1.54, 1.807) is 0 Å². The summed E-state index contributed by atoms with van der Waals surface area (Å²) in [6, 6.07) is 0. The average molecular weight is 322 g/mol. The Balaban J connectivity index is 2.19. The molecule has 3 heteroatoms. The first kappa shape index (κ1) is 18.5. The summed E-state index contributed by atoms with van der Waals surface area (Å²) in [5.41, 5.74) is 0.234. The fourth-order valence-electron chi connectivity index (χ4n) is 5.31. The van der Waals surface area contributed by atoms with Gasteiger partial charge in [0.15, 0.2) is 0 Å². The maximum absolute atomic E-state index is 13.1. The molecule has 0 radical (unpaired) electrons. The lowest BCUT2D eigenvalue weighted by Crippen LogP contribution is -2.51. The van der Waals surface area contributed by atoms with Crippen LogP contribution in [0.3, 0.4) is 0 Å². The first-order valence-corrected chi connectivity index (χ1v) is 9.53. The van der Waals surface area contributed by atoms with Crippen molar-refractivity contribution in [2.75, 3.05) is 0 Å². The fourth-order valence-corrected chi connectivity index (χ4v) is 5.31. The Morgan fingerprint density at radius 1 is 1.39 bits per heavy atom. The van der Waals surface area contributed by atoms with Crippen LogP contribution in [0.4, 0.5) is 0 Å². The van der Waals surface area contributed by atoms with Crippen LogP contribution < -0.4 is 0 Å². The van der Waals surface area contributed by atoms with Gasteiger partial charge in [0, 0.05) is 18.8 Å². The van der Waals surface area contributed by atoms with Crippen LogP contribution in [-0.2, 0) is 14.3 Å². The molecule has 132 valence electrons. The highest BCUT2D eigenvalue weighted by Crippen LogP contribution is 2.55. The van der Waals surface area contributed by atoms with E-state index in [9.17, 15) is 9.59 Å². The second kappa shape index (κ2) is 7.36. The van der Waals surface area contributed by atoms with E-state index in [4.69, 9.17) is 4.74 Å². The van der Waals surface area contributed by atoms with E-state index in [0.717, 1.165) is 44.9 Å². The smallest absolute Gasteiger partial charge is 0.302 e. The summed E-state index contributed by atoms with van der Waals surface area (Å²) >= 11 is 0. The highest BCUT2D eigenvalue weighted by molar-refractivity contribution is 5.85. The molecule has 0 amide bonds. The zero-order valence-corrected chi connectivity index (χ0v) is 15.6. The maximum Gasteiger partial charge on any atom is 0.302 e. The fraction of sp³-hybridized carbons (Fsp3) is 0.900. The van der Waals surface area contributed by atoms with E-state index < -0.39 is 0 Å². The van der Waals surface area contributed by atoms with E-state index in [0.29, 0.717) is 17.6 Å². The maximum atomic E-state index is 13.1. The van der Waals surface area contributed by atoms with Crippen LogP contribution >= 0.6 is 0 Å². The molecule has 0 heterocycles. The topological polar surface area (TPSA) is 43.4 Å². The molecule has 2 aliphatic rings. The minimum atomic E-state index is -0.191. The van der Waals surface area contributed by atoms with Crippen LogP contribution in [0.25, 0.3) is 0 Å². The standard InChI is InChI=1S/C20H34O3/c1-6-8-13(3)17-12-20(5)10-9-15(23-14(4)21)11-18(20)16(7-2)19(17)22/h13,15-18H,6-12H2,1-5H3/t13?,15-,16-,17?,18+,20-/m1/s1. The average Bonchev–Trinajstić information content (AvgIpc) is 2.48. The molecule has 2 rings (SSSR count). The van der Waals surface area contributed by atoms with Crippen LogP contribution in [0, 0.1) is 29.1 Å². The molecule has 0 N–H and O–H groups in total. The third kappa shape index (κ3) is 3.80. The zero-order valence-electron chi connectivity index (χ0n) is 15.6. The second-order valence-electron chi connectivity index (χ2n) is 8.26. The first-order valence-electron chi connectivity index (χ1n) is 9.53. The van der Waals surface area contributed by atoms with Crippen LogP contribution in [-0.4, -0.2) is 17.9 Å². The van der Waals surface area contributed by atoms with E-state index >= 15 is 0 Å². The summed E-state index contributed by atoms with van der Waals surface area (Å²) in [5, 5.41) is 0. The molecule has 23 heavy (non-hydrogen) atoms. The Hall–Kier alpha value is -0.860. The van der Waals surface area contributed by atoms with Crippen molar-refractivity contribution in [3.63, 3.8) is 0 Å². The van der Waals surface area contributed by atoms with Crippen LogP contribution in [0.1, 0.15) is 79.6 Å². The van der Waals surface area contributed by atoms with Crippen LogP contribution in [0.15, 0.2) is 0 Å². The molecule has 0 aromatic carbocycles. The second-order valence-corrected chi connectivity index (χ2v) is 8.26. The number of esters is 1. The Morgan fingerprint density at radius 3 is 2.65 bits per heavy atom. The number of carbonyl (C=O) groups excluding carboxylic acids is 2. The summed E-state index contributed by atoms with van der Waals surface area (Å²) in [6.45, 7) is 10.5. The molecule has 2 fully saturated rings. The third-order valence-electron chi connectivity index (χ3n) is 6.56. The van der Waals surface area contributed by atoms with Crippen molar-refractivity contribution in [2.45, 2.75) is 85.7 Å². The molecule has 0 saturated heterocycles. The summed E-state index contributed by atoms with van der Waals surface area (Å²) in [4.78, 5) is 24.4. The monoisotopic (exact) mass is 322 g/mol. The summed E-state index contributed by atoms with van der Waals surface area (Å²) in [6.07, 6.45) is 7.15. The summed E-state index contributed by atoms with van der Waals surface area (Å²) in [7, 11) is 0. The molecule has 0 aromatic rings. The van der Waals surface area contributed by atoms with Gasteiger partial charge in [-0.2, -0.15) is 0 Å². The van der Waals surface area contributed by atoms with E-state index in [1.807, 2.05) is 0 Å². The molecule has 0 aromatic heterocycles. The lowest BCUT2D eigenvalue weighted by atomic mass is 9.51. The molecule has 2 aliphatic carbocycles. The number of ether oxygens (including phenoxy) is 1. The summed E-state index contributed by atoms with van der Waals surface area (Å²) < 4.78 is 5.48. The van der Waals surface area contributed by atoms with Crippen molar-refractivity contribution >= 4 is 11.8 Å². The van der Waals surface area contributed by atoms with Gasteiger partial charge in [-0.1, -0.05) is 40.5 Å². The van der Waals surface area contributed by atoms with E-state index in [1.165, 1.54) is 6.92 Å². The molecule has 2 saturated carbocycles. The van der Waals surface area contributed by atoms with Gasteiger partial charge in [0.25, 0.3) is 0 Å². The molecular weight excluding hydrogens is 288 g/mol. The van der Waals surface area contributed by atoms with Gasteiger partial charge in [0.1, 0.15) is 11.9 Å². The number of carbonyl (C=O) groups is 2. The van der Waals surface area contributed by atoms with Crippen LogP contribution in [0.2, 0.25) is 0 Å². The predicted molar refractivity (Wildman–Crippen MR) is 92.0 cm³/mol. The largest absolute Gasteiger partial charge is 0.463 e. The van der Waals surface area contributed by atoms with Crippen molar-refractivity contribution < 1.29 is 14.3 Å². The first-order chi connectivity index (χ1) is 10.8. The van der Waals surface area contributed by atoms with Gasteiger partial charge >= 0.3 is 5.97 Å². The Labute approximate surface area is 141 Å². The molecule has 0 bridgehead atoms. The molecule has 6 atom stereocenters. The van der Waals surface area contributed by atoms with Gasteiger partial charge in [-0.15, -0.1) is 0 Å². The predicted octanol–water partition coefficient (Wildman–Crippen LogP) is 4.78. The van der Waals surface area contributed by atoms with Gasteiger partial charge in [-0.3, -0.25) is 9.59 Å². The van der Waals surface area contributed by atoms with Crippen molar-refractivity contribution in [1.82, 2.24) is 0 Å². The van der Waals surface area contributed by atoms with Crippen molar-refractivity contribution in [3.05, 3.63) is 0 Å². The van der Waals surface area contributed by atoms with Crippen molar-refractivity contribution in [3.8, 4) is 0 Å². The molecule has 3 nitrogen and oxygen atoms in total. The lowest BCUT2D eigenvalue weighted by molar-refractivity contribution is -0.158.